The van der Waals surface area contributed by atoms with Crippen molar-refractivity contribution < 1.29 is 13.2 Å². The zero-order chi connectivity index (χ0) is 17.2. The van der Waals surface area contributed by atoms with Crippen LogP contribution in [0.4, 0.5) is 13.2 Å². The van der Waals surface area contributed by atoms with Gasteiger partial charge >= 0.3 is 6.18 Å². The van der Waals surface area contributed by atoms with Crippen LogP contribution in [-0.2, 0) is 6.18 Å². The molecular formula is C18H25Cl2F3N2. The molecule has 1 atom stereocenters. The number of hydrogen-bond donors (Lipinski definition) is 1. The number of piperazine rings is 1. The maximum absolute atomic E-state index is 13.0. The summed E-state index contributed by atoms with van der Waals surface area (Å²) in [5.41, 5.74) is 0.192. The second-order valence-electron chi connectivity index (χ2n) is 6.87. The molecule has 3 rings (SSSR count). The molecule has 2 nitrogen and oxygen atoms in total. The van der Waals surface area contributed by atoms with Crippen molar-refractivity contribution in [2.75, 3.05) is 26.2 Å². The van der Waals surface area contributed by atoms with Crippen LogP contribution in [0.3, 0.4) is 0 Å². The molecule has 1 N–H and O–H groups in total. The van der Waals surface area contributed by atoms with Gasteiger partial charge in [0, 0.05) is 32.2 Å². The fourth-order valence-electron chi connectivity index (χ4n) is 4.14. The lowest BCUT2D eigenvalue weighted by molar-refractivity contribution is -0.137. The van der Waals surface area contributed by atoms with E-state index in [1.165, 1.54) is 19.3 Å². The number of rotatable bonds is 3. The van der Waals surface area contributed by atoms with Crippen molar-refractivity contribution >= 4 is 24.0 Å². The first kappa shape index (κ1) is 20.8. The molecule has 1 aliphatic carbocycles. The Bertz CT molecular complexity index is 536. The summed E-state index contributed by atoms with van der Waals surface area (Å²) in [5.74, 6) is 0.504. The molecule has 1 saturated carbocycles. The zero-order valence-electron chi connectivity index (χ0n) is 14.1. The Morgan fingerprint density at radius 2 is 1.72 bits per heavy atom. The van der Waals surface area contributed by atoms with Crippen molar-refractivity contribution in [3.05, 3.63) is 34.3 Å². The molecule has 0 bridgehead atoms. The Hall–Kier alpha value is -0.490. The van der Waals surface area contributed by atoms with E-state index in [-0.39, 0.29) is 23.5 Å². The predicted molar refractivity (Wildman–Crippen MR) is 97.5 cm³/mol. The van der Waals surface area contributed by atoms with E-state index in [1.54, 1.807) is 12.1 Å². The molecule has 0 amide bonds. The van der Waals surface area contributed by atoms with Crippen LogP contribution in [0.2, 0.25) is 5.02 Å². The highest BCUT2D eigenvalue weighted by Crippen LogP contribution is 2.41. The Morgan fingerprint density at radius 3 is 2.28 bits per heavy atom. The minimum Gasteiger partial charge on any atom is -0.314 e. The number of alkyl halides is 3. The van der Waals surface area contributed by atoms with Gasteiger partial charge in [0.15, 0.2) is 0 Å². The van der Waals surface area contributed by atoms with Gasteiger partial charge in [0.1, 0.15) is 0 Å². The third-order valence-electron chi connectivity index (χ3n) is 5.28. The third kappa shape index (κ3) is 5.03. The first-order valence-electron chi connectivity index (χ1n) is 8.78. The average Bonchev–Trinajstić information content (AvgIpc) is 2.56. The average molecular weight is 397 g/mol. The quantitative estimate of drug-likeness (QED) is 0.744. The normalized spacial score (nSPS) is 21.6. The fourth-order valence-corrected chi connectivity index (χ4v) is 4.43. The van der Waals surface area contributed by atoms with Crippen molar-refractivity contribution in [2.24, 2.45) is 5.92 Å². The van der Waals surface area contributed by atoms with E-state index < -0.39 is 11.7 Å². The number of hydrogen-bond acceptors (Lipinski definition) is 2. The highest BCUT2D eigenvalue weighted by atomic mass is 35.5. The highest BCUT2D eigenvalue weighted by Gasteiger charge is 2.35. The lowest BCUT2D eigenvalue weighted by atomic mass is 9.80. The predicted octanol–water partition coefficient (Wildman–Crippen LogP) is 5.31. The van der Waals surface area contributed by atoms with Gasteiger partial charge in [0.25, 0.3) is 0 Å². The van der Waals surface area contributed by atoms with Crippen LogP contribution >= 0.6 is 24.0 Å². The lowest BCUT2D eigenvalue weighted by Crippen LogP contribution is -2.47. The first-order chi connectivity index (χ1) is 11.5. The van der Waals surface area contributed by atoms with Crippen LogP contribution in [0.5, 0.6) is 0 Å². The molecule has 1 heterocycles. The SMILES string of the molecule is Cl.FC(F)(F)c1ccc([C@@H](C2CCCCC2)N2CCNCC2)cc1Cl. The Kier molecular flexibility index (Phi) is 7.44. The molecule has 2 aliphatic rings. The fraction of sp³-hybridized carbons (Fsp3) is 0.667. The van der Waals surface area contributed by atoms with Crippen LogP contribution < -0.4 is 5.32 Å². The molecule has 7 heteroatoms. The summed E-state index contributed by atoms with van der Waals surface area (Å²) in [5, 5.41) is 3.16. The number of halogens is 5. The number of benzene rings is 1. The van der Waals surface area contributed by atoms with Gasteiger partial charge in [-0.25, -0.2) is 0 Å². The smallest absolute Gasteiger partial charge is 0.314 e. The molecule has 0 aromatic heterocycles. The van der Waals surface area contributed by atoms with Gasteiger partial charge in [0.05, 0.1) is 10.6 Å². The van der Waals surface area contributed by atoms with Crippen molar-refractivity contribution in [1.29, 1.82) is 0 Å². The van der Waals surface area contributed by atoms with E-state index in [4.69, 9.17) is 11.6 Å². The van der Waals surface area contributed by atoms with Crippen LogP contribution in [0.25, 0.3) is 0 Å². The molecule has 25 heavy (non-hydrogen) atoms. The minimum atomic E-state index is -4.40. The summed E-state index contributed by atoms with van der Waals surface area (Å²) in [4.78, 5) is 2.42. The summed E-state index contributed by atoms with van der Waals surface area (Å²) in [6.45, 7) is 3.72. The van der Waals surface area contributed by atoms with E-state index in [2.05, 4.69) is 10.2 Å². The molecule has 2 fully saturated rings. The standard InChI is InChI=1S/C18H24ClF3N2.ClH/c19-16-12-14(6-7-15(16)18(20,21)22)17(13-4-2-1-3-5-13)24-10-8-23-9-11-24;/h6-7,12-13,17,23H,1-5,8-11H2;1H/t17-;/m1./s1. The zero-order valence-corrected chi connectivity index (χ0v) is 15.7. The molecule has 1 aliphatic heterocycles. The summed E-state index contributed by atoms with van der Waals surface area (Å²) in [6.07, 6.45) is 1.58. The summed E-state index contributed by atoms with van der Waals surface area (Å²) >= 11 is 5.99. The Labute approximate surface area is 158 Å². The largest absolute Gasteiger partial charge is 0.417 e. The number of nitrogens with one attached hydrogen (secondary N) is 1. The molecule has 0 radical (unpaired) electrons. The van der Waals surface area contributed by atoms with Crippen LogP contribution in [-0.4, -0.2) is 31.1 Å². The maximum atomic E-state index is 13.0. The van der Waals surface area contributed by atoms with E-state index in [1.807, 2.05) is 0 Å². The van der Waals surface area contributed by atoms with Gasteiger partial charge in [-0.3, -0.25) is 4.90 Å². The number of nitrogens with zero attached hydrogens (tertiary/aromatic N) is 1. The van der Waals surface area contributed by atoms with Gasteiger partial charge in [0.2, 0.25) is 0 Å². The summed E-state index contributed by atoms with van der Waals surface area (Å²) in [6, 6.07) is 4.50. The van der Waals surface area contributed by atoms with Gasteiger partial charge in [-0.05, 0) is 36.5 Å². The molecule has 1 saturated heterocycles. The molecule has 0 unspecified atom stereocenters. The molecular weight excluding hydrogens is 372 g/mol. The Balaban J connectivity index is 0.00000225. The second-order valence-corrected chi connectivity index (χ2v) is 7.27. The van der Waals surface area contributed by atoms with Crippen molar-refractivity contribution in [3.8, 4) is 0 Å². The van der Waals surface area contributed by atoms with Crippen LogP contribution in [0.15, 0.2) is 18.2 Å². The van der Waals surface area contributed by atoms with E-state index in [0.29, 0.717) is 5.92 Å². The first-order valence-corrected chi connectivity index (χ1v) is 9.16. The topological polar surface area (TPSA) is 15.3 Å². The van der Waals surface area contributed by atoms with E-state index in [0.717, 1.165) is 50.7 Å². The van der Waals surface area contributed by atoms with E-state index >= 15 is 0 Å². The highest BCUT2D eigenvalue weighted by molar-refractivity contribution is 6.31. The van der Waals surface area contributed by atoms with Crippen molar-refractivity contribution in [1.82, 2.24) is 10.2 Å². The van der Waals surface area contributed by atoms with Crippen molar-refractivity contribution in [2.45, 2.75) is 44.3 Å². The minimum absolute atomic E-state index is 0. The molecule has 0 spiro atoms. The molecule has 1 aromatic rings. The van der Waals surface area contributed by atoms with Crippen LogP contribution in [0, 0.1) is 5.92 Å². The molecule has 1 aromatic carbocycles. The van der Waals surface area contributed by atoms with Gasteiger partial charge in [-0.15, -0.1) is 12.4 Å². The molecule has 142 valence electrons. The third-order valence-corrected chi connectivity index (χ3v) is 5.59. The summed E-state index contributed by atoms with van der Waals surface area (Å²) < 4.78 is 39.0. The van der Waals surface area contributed by atoms with Gasteiger partial charge in [-0.1, -0.05) is 36.9 Å². The Morgan fingerprint density at radius 1 is 1.08 bits per heavy atom. The maximum Gasteiger partial charge on any atom is 0.417 e. The van der Waals surface area contributed by atoms with Crippen LogP contribution in [0.1, 0.15) is 49.3 Å². The lowest BCUT2D eigenvalue weighted by Gasteiger charge is -2.41. The van der Waals surface area contributed by atoms with E-state index in [9.17, 15) is 13.2 Å². The summed E-state index contributed by atoms with van der Waals surface area (Å²) in [7, 11) is 0. The van der Waals surface area contributed by atoms with Gasteiger partial charge < -0.3 is 5.32 Å². The second kappa shape index (κ2) is 8.94. The van der Waals surface area contributed by atoms with Crippen molar-refractivity contribution in [3.63, 3.8) is 0 Å². The monoisotopic (exact) mass is 396 g/mol. The van der Waals surface area contributed by atoms with Gasteiger partial charge in [-0.2, -0.15) is 13.2 Å².